The average molecular weight is 381 g/mol. The maximum atomic E-state index is 12.9. The lowest BCUT2D eigenvalue weighted by molar-refractivity contribution is 0.0936. The van der Waals surface area contributed by atoms with Gasteiger partial charge in [-0.25, -0.2) is 4.39 Å². The molecule has 1 rings (SSSR count). The zero-order chi connectivity index (χ0) is 13.7. The molecule has 0 fully saturated rings. The van der Waals surface area contributed by atoms with Crippen molar-refractivity contribution in [1.29, 1.82) is 0 Å². The van der Waals surface area contributed by atoms with E-state index in [0.717, 1.165) is 6.42 Å². The minimum atomic E-state index is -0.363. The molecule has 0 heterocycles. The van der Waals surface area contributed by atoms with Gasteiger partial charge in [-0.05, 0) is 46.5 Å². The molecule has 0 aliphatic rings. The molecule has 100 valence electrons. The van der Waals surface area contributed by atoms with E-state index in [1.165, 1.54) is 18.2 Å². The molecule has 0 bridgehead atoms. The van der Waals surface area contributed by atoms with Crippen LogP contribution < -0.4 is 5.32 Å². The molecule has 2 nitrogen and oxygen atoms in total. The molecule has 0 spiro atoms. The van der Waals surface area contributed by atoms with Crippen molar-refractivity contribution < 1.29 is 9.18 Å². The fourth-order valence-electron chi connectivity index (χ4n) is 1.67. The van der Waals surface area contributed by atoms with Crippen LogP contribution in [-0.2, 0) is 0 Å². The van der Waals surface area contributed by atoms with Gasteiger partial charge in [0.25, 0.3) is 5.91 Å². The predicted octanol–water partition coefficient (Wildman–Crippen LogP) is 4.13. The second-order valence-electron chi connectivity index (χ2n) is 4.58. The molecule has 0 radical (unpaired) electrons. The summed E-state index contributed by atoms with van der Waals surface area (Å²) in [5, 5.41) is 3.64. The van der Waals surface area contributed by atoms with E-state index in [1.807, 2.05) is 0 Å². The van der Waals surface area contributed by atoms with E-state index in [2.05, 4.69) is 51.0 Å². The number of nitrogens with one attached hydrogen (secondary N) is 1. The lowest BCUT2D eigenvalue weighted by Crippen LogP contribution is -2.37. The highest BCUT2D eigenvalue weighted by molar-refractivity contribution is 9.10. The molecule has 1 aromatic rings. The summed E-state index contributed by atoms with van der Waals surface area (Å²) in [4.78, 5) is 12.0. The van der Waals surface area contributed by atoms with Crippen LogP contribution in [0.5, 0.6) is 0 Å². The second kappa shape index (κ2) is 7.24. The van der Waals surface area contributed by atoms with Gasteiger partial charge in [-0.2, -0.15) is 0 Å². The van der Waals surface area contributed by atoms with Crippen molar-refractivity contribution in [3.05, 3.63) is 34.1 Å². The SMILES string of the molecule is CC(C)CC(CBr)NC(=O)c1ccc(F)cc1Br. The van der Waals surface area contributed by atoms with Crippen molar-refractivity contribution in [1.82, 2.24) is 5.32 Å². The Labute approximate surface area is 124 Å². The number of carbonyl (C=O) groups excluding carboxylic acids is 1. The van der Waals surface area contributed by atoms with E-state index in [0.29, 0.717) is 21.3 Å². The van der Waals surface area contributed by atoms with E-state index < -0.39 is 0 Å². The molecule has 18 heavy (non-hydrogen) atoms. The van der Waals surface area contributed by atoms with Gasteiger partial charge in [0.1, 0.15) is 5.82 Å². The quantitative estimate of drug-likeness (QED) is 0.764. The zero-order valence-electron chi connectivity index (χ0n) is 10.3. The Morgan fingerprint density at radius 1 is 1.44 bits per heavy atom. The largest absolute Gasteiger partial charge is 0.348 e. The molecule has 1 atom stereocenters. The van der Waals surface area contributed by atoms with Crippen LogP contribution in [-0.4, -0.2) is 17.3 Å². The fourth-order valence-corrected chi connectivity index (χ4v) is 2.62. The number of hydrogen-bond donors (Lipinski definition) is 1. The number of amides is 1. The Morgan fingerprint density at radius 3 is 2.61 bits per heavy atom. The molecule has 0 saturated heterocycles. The second-order valence-corrected chi connectivity index (χ2v) is 6.08. The average Bonchev–Trinajstić information content (AvgIpc) is 2.27. The van der Waals surface area contributed by atoms with Crippen molar-refractivity contribution in [2.45, 2.75) is 26.3 Å². The van der Waals surface area contributed by atoms with Crippen molar-refractivity contribution >= 4 is 37.8 Å². The van der Waals surface area contributed by atoms with Gasteiger partial charge >= 0.3 is 0 Å². The summed E-state index contributed by atoms with van der Waals surface area (Å²) in [6.07, 6.45) is 0.899. The van der Waals surface area contributed by atoms with Gasteiger partial charge in [0.05, 0.1) is 5.56 Å². The first kappa shape index (κ1) is 15.6. The summed E-state index contributed by atoms with van der Waals surface area (Å²) in [5.74, 6) is -0.0471. The maximum Gasteiger partial charge on any atom is 0.252 e. The van der Waals surface area contributed by atoms with Crippen molar-refractivity contribution in [2.75, 3.05) is 5.33 Å². The van der Waals surface area contributed by atoms with Gasteiger partial charge in [-0.3, -0.25) is 4.79 Å². The normalized spacial score (nSPS) is 12.6. The van der Waals surface area contributed by atoms with E-state index in [-0.39, 0.29) is 17.8 Å². The van der Waals surface area contributed by atoms with E-state index in [9.17, 15) is 9.18 Å². The highest BCUT2D eigenvalue weighted by atomic mass is 79.9. The molecule has 0 saturated carbocycles. The highest BCUT2D eigenvalue weighted by Crippen LogP contribution is 2.18. The van der Waals surface area contributed by atoms with Crippen LogP contribution in [0.2, 0.25) is 0 Å². The number of alkyl halides is 1. The molecule has 1 N–H and O–H groups in total. The van der Waals surface area contributed by atoms with Gasteiger partial charge < -0.3 is 5.32 Å². The van der Waals surface area contributed by atoms with Crippen LogP contribution in [0.1, 0.15) is 30.6 Å². The van der Waals surface area contributed by atoms with Crippen LogP contribution in [0.3, 0.4) is 0 Å². The van der Waals surface area contributed by atoms with Gasteiger partial charge in [-0.1, -0.05) is 29.8 Å². The van der Waals surface area contributed by atoms with Crippen LogP contribution in [0, 0.1) is 11.7 Å². The number of hydrogen-bond acceptors (Lipinski definition) is 1. The molecule has 0 aliphatic heterocycles. The number of rotatable bonds is 5. The third-order valence-electron chi connectivity index (χ3n) is 2.45. The van der Waals surface area contributed by atoms with Gasteiger partial charge in [0.2, 0.25) is 0 Å². The highest BCUT2D eigenvalue weighted by Gasteiger charge is 2.16. The van der Waals surface area contributed by atoms with Crippen LogP contribution in [0.25, 0.3) is 0 Å². The first-order valence-electron chi connectivity index (χ1n) is 5.76. The van der Waals surface area contributed by atoms with Gasteiger partial charge in [-0.15, -0.1) is 0 Å². The summed E-state index contributed by atoms with van der Waals surface area (Å²) in [7, 11) is 0. The van der Waals surface area contributed by atoms with Gasteiger partial charge in [0, 0.05) is 15.8 Å². The minimum Gasteiger partial charge on any atom is -0.348 e. The maximum absolute atomic E-state index is 12.9. The Bertz CT molecular complexity index is 423. The molecule has 0 aliphatic carbocycles. The van der Waals surface area contributed by atoms with E-state index in [1.54, 1.807) is 0 Å². The van der Waals surface area contributed by atoms with Crippen molar-refractivity contribution in [3.8, 4) is 0 Å². The van der Waals surface area contributed by atoms with Crippen molar-refractivity contribution in [2.24, 2.45) is 5.92 Å². The molecule has 5 heteroatoms. The molecule has 1 aromatic carbocycles. The van der Waals surface area contributed by atoms with Crippen LogP contribution >= 0.6 is 31.9 Å². The Kier molecular flexibility index (Phi) is 6.29. The molecule has 1 unspecified atom stereocenters. The number of benzene rings is 1. The summed E-state index contributed by atoms with van der Waals surface area (Å²) >= 11 is 6.59. The fraction of sp³-hybridized carbons (Fsp3) is 0.462. The smallest absolute Gasteiger partial charge is 0.252 e. The zero-order valence-corrected chi connectivity index (χ0v) is 13.5. The standard InChI is InChI=1S/C13H16Br2FNO/c1-8(2)5-10(7-14)17-13(18)11-4-3-9(16)6-12(11)15/h3-4,6,8,10H,5,7H2,1-2H3,(H,17,18). The van der Waals surface area contributed by atoms with E-state index in [4.69, 9.17) is 0 Å². The molecule has 1 amide bonds. The third-order valence-corrected chi connectivity index (χ3v) is 3.89. The summed E-state index contributed by atoms with van der Waals surface area (Å²) in [5.41, 5.74) is 0.450. The van der Waals surface area contributed by atoms with Gasteiger partial charge in [0.15, 0.2) is 0 Å². The predicted molar refractivity (Wildman–Crippen MR) is 78.6 cm³/mol. The minimum absolute atomic E-state index is 0.0782. The van der Waals surface area contributed by atoms with Crippen LogP contribution in [0.15, 0.2) is 22.7 Å². The first-order chi connectivity index (χ1) is 8.43. The molecular formula is C13H16Br2FNO. The van der Waals surface area contributed by atoms with Crippen molar-refractivity contribution in [3.63, 3.8) is 0 Å². The first-order valence-corrected chi connectivity index (χ1v) is 7.67. The number of carbonyl (C=O) groups is 1. The summed E-state index contributed by atoms with van der Waals surface area (Å²) in [6.45, 7) is 4.21. The lowest BCUT2D eigenvalue weighted by Gasteiger charge is -2.18. The Balaban J connectivity index is 2.74. The van der Waals surface area contributed by atoms with E-state index >= 15 is 0 Å². The molecular weight excluding hydrogens is 365 g/mol. The summed E-state index contributed by atoms with van der Waals surface area (Å²) < 4.78 is 13.4. The Morgan fingerprint density at radius 2 is 2.11 bits per heavy atom. The number of halogens is 3. The lowest BCUT2D eigenvalue weighted by atomic mass is 10.0. The monoisotopic (exact) mass is 379 g/mol. The van der Waals surface area contributed by atoms with Crippen LogP contribution in [0.4, 0.5) is 4.39 Å². The summed E-state index contributed by atoms with van der Waals surface area (Å²) in [6, 6.07) is 4.13. The third kappa shape index (κ3) is 4.69. The molecule has 0 aromatic heterocycles. The Hall–Kier alpha value is -0.420. The topological polar surface area (TPSA) is 29.1 Å².